The maximum absolute atomic E-state index is 12.6. The second kappa shape index (κ2) is 6.58. The van der Waals surface area contributed by atoms with Crippen molar-refractivity contribution in [3.8, 4) is 0 Å². The van der Waals surface area contributed by atoms with Crippen LogP contribution in [-0.2, 0) is 19.1 Å². The van der Waals surface area contributed by atoms with Gasteiger partial charge in [-0.2, -0.15) is 0 Å². The van der Waals surface area contributed by atoms with E-state index in [4.69, 9.17) is 9.47 Å². The first-order chi connectivity index (χ1) is 15.1. The molecule has 1 spiro atoms. The molecule has 0 bridgehead atoms. The summed E-state index contributed by atoms with van der Waals surface area (Å²) in [6.07, 6.45) is 12.7. The van der Waals surface area contributed by atoms with Gasteiger partial charge in [-0.15, -0.1) is 0 Å². The molecule has 0 N–H and O–H groups in total. The van der Waals surface area contributed by atoms with Crippen molar-refractivity contribution >= 4 is 11.8 Å². The van der Waals surface area contributed by atoms with E-state index in [1.165, 1.54) is 24.8 Å². The van der Waals surface area contributed by atoms with Gasteiger partial charge in [0, 0.05) is 17.8 Å². The number of carbonyl (C=O) groups excluding carboxylic acids is 2. The fourth-order valence-electron chi connectivity index (χ4n) is 9.39. The van der Waals surface area contributed by atoms with Gasteiger partial charge in [0.2, 0.25) is 5.79 Å². The molecule has 2 saturated heterocycles. The third-order valence-electron chi connectivity index (χ3n) is 11.3. The van der Waals surface area contributed by atoms with Gasteiger partial charge in [0.25, 0.3) is 0 Å². The minimum absolute atomic E-state index is 0.0357. The first-order valence-corrected chi connectivity index (χ1v) is 12.9. The Morgan fingerprint density at radius 1 is 1.06 bits per heavy atom. The molecule has 4 heteroatoms. The fraction of sp³-hybridized carbons (Fsp3) is 0.786. The molecule has 4 nitrogen and oxygen atoms in total. The molecule has 0 amide bonds. The molecular formula is C28H38O4. The van der Waals surface area contributed by atoms with Gasteiger partial charge in [-0.05, 0) is 79.3 Å². The predicted octanol–water partition coefficient (Wildman–Crippen LogP) is 5.47. The van der Waals surface area contributed by atoms with E-state index in [2.05, 4.69) is 33.8 Å². The smallest absolute Gasteiger partial charge is 0.311 e. The summed E-state index contributed by atoms with van der Waals surface area (Å²) in [6.45, 7) is 11.3. The number of carbonyl (C=O) groups is 2. The maximum Gasteiger partial charge on any atom is 0.311 e. The minimum atomic E-state index is -0.718. The van der Waals surface area contributed by atoms with Crippen LogP contribution in [0.4, 0.5) is 0 Å². The van der Waals surface area contributed by atoms with Crippen LogP contribution in [0.2, 0.25) is 0 Å². The second-order valence-corrected chi connectivity index (χ2v) is 12.6. The normalized spacial score (nSPS) is 56.2. The van der Waals surface area contributed by atoms with Crippen molar-refractivity contribution in [3.63, 3.8) is 0 Å². The van der Waals surface area contributed by atoms with Gasteiger partial charge < -0.3 is 9.47 Å². The van der Waals surface area contributed by atoms with Crippen molar-refractivity contribution < 1.29 is 19.1 Å². The average Bonchev–Trinajstić information content (AvgIpc) is 3.17. The van der Waals surface area contributed by atoms with Crippen molar-refractivity contribution in [1.82, 2.24) is 0 Å². The average molecular weight is 439 g/mol. The highest BCUT2D eigenvalue weighted by molar-refractivity contribution is 6.01. The molecule has 4 aliphatic carbocycles. The van der Waals surface area contributed by atoms with Crippen molar-refractivity contribution in [2.45, 2.75) is 85.0 Å². The lowest BCUT2D eigenvalue weighted by molar-refractivity contribution is -0.265. The van der Waals surface area contributed by atoms with E-state index < -0.39 is 5.79 Å². The summed E-state index contributed by atoms with van der Waals surface area (Å²) in [4.78, 5) is 24.7. The summed E-state index contributed by atoms with van der Waals surface area (Å²) in [5.41, 5.74) is 1.63. The standard InChI is InChI=1S/C28H38O4/c1-15-14-28(32-25(30)16(15)2)17(3)24-23(31-28)13-22-20-7-6-18-12-19(29)8-10-26(18,4)21(20)9-11-27(22,24)5/h8,10,12,15-17,20-24H,6-7,9,11,13-14H2,1-5H3. The van der Waals surface area contributed by atoms with Crippen LogP contribution in [-0.4, -0.2) is 23.6 Å². The van der Waals surface area contributed by atoms with Crippen LogP contribution in [0.1, 0.15) is 73.1 Å². The summed E-state index contributed by atoms with van der Waals surface area (Å²) >= 11 is 0. The van der Waals surface area contributed by atoms with Gasteiger partial charge in [0.15, 0.2) is 5.78 Å². The Kier molecular flexibility index (Phi) is 4.35. The molecule has 32 heavy (non-hydrogen) atoms. The highest BCUT2D eigenvalue weighted by Gasteiger charge is 2.70. The predicted molar refractivity (Wildman–Crippen MR) is 121 cm³/mol. The number of allylic oxidation sites excluding steroid dienone is 4. The zero-order valence-electron chi connectivity index (χ0n) is 20.2. The SMILES string of the molecule is CC1CC2(OC(=O)C1C)OC1CC3C4CCC5=CC(=O)C=CC5(C)C4CCC3(C)C1C2C. The molecule has 0 aromatic carbocycles. The molecule has 0 aromatic heterocycles. The van der Waals surface area contributed by atoms with E-state index in [1.54, 1.807) is 6.08 Å². The molecule has 2 aliphatic heterocycles. The quantitative estimate of drug-likeness (QED) is 0.471. The molecular weight excluding hydrogens is 400 g/mol. The Hall–Kier alpha value is -1.42. The molecule has 11 atom stereocenters. The molecule has 0 radical (unpaired) electrons. The lowest BCUT2D eigenvalue weighted by Gasteiger charge is -2.57. The number of ether oxygens (including phenoxy) is 2. The Morgan fingerprint density at radius 3 is 2.59 bits per heavy atom. The van der Waals surface area contributed by atoms with E-state index in [-0.39, 0.29) is 40.5 Å². The van der Waals surface area contributed by atoms with Gasteiger partial charge >= 0.3 is 5.97 Å². The van der Waals surface area contributed by atoms with E-state index >= 15 is 0 Å². The monoisotopic (exact) mass is 438 g/mol. The Bertz CT molecular complexity index is 934. The Morgan fingerprint density at radius 2 is 1.84 bits per heavy atom. The zero-order chi connectivity index (χ0) is 22.6. The lowest BCUT2D eigenvalue weighted by Crippen LogP contribution is -2.53. The van der Waals surface area contributed by atoms with E-state index in [0.717, 1.165) is 19.3 Å². The van der Waals surface area contributed by atoms with Gasteiger partial charge in [0.1, 0.15) is 0 Å². The summed E-state index contributed by atoms with van der Waals surface area (Å²) in [5.74, 6) is 2.23. The van der Waals surface area contributed by atoms with E-state index in [9.17, 15) is 9.59 Å². The highest BCUT2D eigenvalue weighted by atomic mass is 16.7. The summed E-state index contributed by atoms with van der Waals surface area (Å²) in [7, 11) is 0. The number of esters is 1. The van der Waals surface area contributed by atoms with Crippen molar-refractivity contribution in [2.75, 3.05) is 0 Å². The van der Waals surface area contributed by atoms with Crippen molar-refractivity contribution in [3.05, 3.63) is 23.8 Å². The number of fused-ring (bicyclic) bond motifs is 7. The molecule has 6 rings (SSSR count). The van der Waals surface area contributed by atoms with Crippen LogP contribution in [0.25, 0.3) is 0 Å². The molecule has 6 aliphatic rings. The number of rotatable bonds is 0. The lowest BCUT2D eigenvalue weighted by atomic mass is 9.47. The van der Waals surface area contributed by atoms with E-state index in [0.29, 0.717) is 29.6 Å². The molecule has 3 saturated carbocycles. The van der Waals surface area contributed by atoms with Crippen LogP contribution in [0, 0.1) is 52.3 Å². The van der Waals surface area contributed by atoms with Crippen LogP contribution in [0.3, 0.4) is 0 Å². The van der Waals surface area contributed by atoms with E-state index in [1.807, 2.05) is 13.0 Å². The van der Waals surface area contributed by atoms with Crippen LogP contribution < -0.4 is 0 Å². The molecule has 174 valence electrons. The first-order valence-electron chi connectivity index (χ1n) is 12.9. The van der Waals surface area contributed by atoms with Gasteiger partial charge in [-0.1, -0.05) is 46.3 Å². The fourth-order valence-corrected chi connectivity index (χ4v) is 9.39. The Balaban J connectivity index is 1.30. The maximum atomic E-state index is 12.6. The molecule has 5 fully saturated rings. The van der Waals surface area contributed by atoms with Crippen molar-refractivity contribution in [2.24, 2.45) is 52.3 Å². The minimum Gasteiger partial charge on any atom is -0.433 e. The largest absolute Gasteiger partial charge is 0.433 e. The number of ketones is 1. The van der Waals surface area contributed by atoms with Gasteiger partial charge in [-0.25, -0.2) is 0 Å². The third kappa shape index (κ3) is 2.54. The van der Waals surface area contributed by atoms with Crippen LogP contribution in [0.15, 0.2) is 23.8 Å². The zero-order valence-corrected chi connectivity index (χ0v) is 20.2. The summed E-state index contributed by atoms with van der Waals surface area (Å²) in [6, 6.07) is 0. The second-order valence-electron chi connectivity index (χ2n) is 12.6. The highest BCUT2D eigenvalue weighted by Crippen LogP contribution is 2.70. The number of hydrogen-bond donors (Lipinski definition) is 0. The Labute approximate surface area is 192 Å². The molecule has 11 unspecified atom stereocenters. The van der Waals surface area contributed by atoms with Crippen LogP contribution >= 0.6 is 0 Å². The topological polar surface area (TPSA) is 52.6 Å². The van der Waals surface area contributed by atoms with Gasteiger partial charge in [0.05, 0.1) is 12.0 Å². The molecule has 2 heterocycles. The molecule has 0 aromatic rings. The van der Waals surface area contributed by atoms with Gasteiger partial charge in [-0.3, -0.25) is 9.59 Å². The summed E-state index contributed by atoms with van der Waals surface area (Å²) in [5, 5.41) is 0. The van der Waals surface area contributed by atoms with Crippen molar-refractivity contribution in [1.29, 1.82) is 0 Å². The third-order valence-corrected chi connectivity index (χ3v) is 11.3. The first kappa shape index (κ1) is 21.1. The van der Waals surface area contributed by atoms with Crippen LogP contribution in [0.5, 0.6) is 0 Å². The number of hydrogen-bond acceptors (Lipinski definition) is 4. The summed E-state index contributed by atoms with van der Waals surface area (Å²) < 4.78 is 12.9.